The Morgan fingerprint density at radius 2 is 2.00 bits per heavy atom. The highest BCUT2D eigenvalue weighted by Crippen LogP contribution is 2.22. The van der Waals surface area contributed by atoms with E-state index in [4.69, 9.17) is 5.26 Å². The third kappa shape index (κ3) is 4.82. The number of carbonyl (C=O) groups excluding carboxylic acids is 1. The van der Waals surface area contributed by atoms with Gasteiger partial charge in [-0.05, 0) is 51.5 Å². The average molecular weight is 326 g/mol. The normalized spacial score (nSPS) is 15.6. The van der Waals surface area contributed by atoms with Crippen LogP contribution in [0.3, 0.4) is 0 Å². The summed E-state index contributed by atoms with van der Waals surface area (Å²) in [6.07, 6.45) is 8.66. The zero-order chi connectivity index (χ0) is 17.5. The van der Waals surface area contributed by atoms with Crippen LogP contribution in [0.15, 0.2) is 30.1 Å². The molecule has 2 heterocycles. The van der Waals surface area contributed by atoms with Gasteiger partial charge in [-0.25, -0.2) is 0 Å². The maximum atomic E-state index is 12.3. The van der Waals surface area contributed by atoms with Crippen molar-refractivity contribution in [3.63, 3.8) is 0 Å². The van der Waals surface area contributed by atoms with Crippen molar-refractivity contribution in [2.75, 3.05) is 13.1 Å². The van der Waals surface area contributed by atoms with E-state index < -0.39 is 0 Å². The molecule has 0 bridgehead atoms. The molecular weight excluding hydrogens is 300 g/mol. The first kappa shape index (κ1) is 18.0. The van der Waals surface area contributed by atoms with Crippen LogP contribution in [-0.4, -0.2) is 33.7 Å². The number of piperidine rings is 1. The van der Waals surface area contributed by atoms with Crippen LogP contribution in [0.25, 0.3) is 5.57 Å². The topological polar surface area (TPSA) is 61.9 Å². The average Bonchev–Trinajstić information content (AvgIpc) is 3.07. The third-order valence-corrected chi connectivity index (χ3v) is 4.67. The molecule has 1 saturated heterocycles. The van der Waals surface area contributed by atoms with Crippen molar-refractivity contribution in [3.8, 4) is 6.07 Å². The predicted molar refractivity (Wildman–Crippen MR) is 94.9 cm³/mol. The van der Waals surface area contributed by atoms with Gasteiger partial charge in [-0.2, -0.15) is 10.4 Å². The highest BCUT2D eigenvalue weighted by Gasteiger charge is 2.17. The second-order valence-corrected chi connectivity index (χ2v) is 6.49. The van der Waals surface area contributed by atoms with Crippen LogP contribution in [0.1, 0.15) is 51.5 Å². The van der Waals surface area contributed by atoms with Gasteiger partial charge < -0.3 is 4.90 Å². The third-order valence-electron chi connectivity index (χ3n) is 4.67. The van der Waals surface area contributed by atoms with Crippen molar-refractivity contribution in [2.24, 2.45) is 0 Å². The van der Waals surface area contributed by atoms with Crippen molar-refractivity contribution in [2.45, 2.75) is 52.5 Å². The van der Waals surface area contributed by atoms with Gasteiger partial charge in [0, 0.05) is 30.4 Å². The van der Waals surface area contributed by atoms with Gasteiger partial charge in [0.05, 0.1) is 12.3 Å². The van der Waals surface area contributed by atoms with E-state index in [0.717, 1.165) is 43.5 Å². The second-order valence-electron chi connectivity index (χ2n) is 6.49. The molecule has 5 nitrogen and oxygen atoms in total. The number of hydrogen-bond acceptors (Lipinski definition) is 3. The number of nitrogens with zero attached hydrogens (tertiary/aromatic N) is 4. The first-order valence-electron chi connectivity index (χ1n) is 8.56. The number of carbonyl (C=O) groups is 1. The Balaban J connectivity index is 1.97. The molecule has 5 heteroatoms. The van der Waals surface area contributed by atoms with Gasteiger partial charge in [-0.3, -0.25) is 9.48 Å². The molecule has 1 fully saturated rings. The smallest absolute Gasteiger partial charge is 0.244 e. The molecule has 2 rings (SSSR count). The van der Waals surface area contributed by atoms with E-state index in [-0.39, 0.29) is 5.91 Å². The number of aromatic nitrogens is 2. The standard InChI is InChI=1S/C19H26N4O/c1-15(11-20)7-8-16(2)17(3)18-12-21-23(13-18)14-19(24)22-9-5-4-6-10-22/h12-13H,1,4-10,14H2,2-3H3/b17-16-. The van der Waals surface area contributed by atoms with E-state index in [1.54, 1.807) is 10.9 Å². The number of amides is 1. The molecule has 0 spiro atoms. The zero-order valence-electron chi connectivity index (χ0n) is 14.7. The van der Waals surface area contributed by atoms with Gasteiger partial charge in [0.1, 0.15) is 6.54 Å². The predicted octanol–water partition coefficient (Wildman–Crippen LogP) is 3.55. The van der Waals surface area contributed by atoms with Crippen LogP contribution in [0.2, 0.25) is 0 Å². The van der Waals surface area contributed by atoms with Crippen LogP contribution < -0.4 is 0 Å². The van der Waals surface area contributed by atoms with Crippen molar-refractivity contribution >= 4 is 11.5 Å². The van der Waals surface area contributed by atoms with E-state index in [0.29, 0.717) is 18.5 Å². The molecule has 0 radical (unpaired) electrons. The maximum absolute atomic E-state index is 12.3. The Bertz CT molecular complexity index is 672. The quantitative estimate of drug-likeness (QED) is 0.751. The summed E-state index contributed by atoms with van der Waals surface area (Å²) in [7, 11) is 0. The van der Waals surface area contributed by atoms with Gasteiger partial charge in [0.2, 0.25) is 5.91 Å². The highest BCUT2D eigenvalue weighted by molar-refractivity contribution is 5.76. The fraction of sp³-hybridized carbons (Fsp3) is 0.526. The van der Waals surface area contributed by atoms with Gasteiger partial charge >= 0.3 is 0 Å². The Morgan fingerprint density at radius 3 is 2.67 bits per heavy atom. The molecule has 24 heavy (non-hydrogen) atoms. The SMILES string of the molecule is C=C(C#N)CC/C(C)=C(/C)c1cnn(CC(=O)N2CCCCC2)c1. The summed E-state index contributed by atoms with van der Waals surface area (Å²) in [6.45, 7) is 9.88. The van der Waals surface area contributed by atoms with Crippen LogP contribution in [0.5, 0.6) is 0 Å². The summed E-state index contributed by atoms with van der Waals surface area (Å²) in [4.78, 5) is 14.2. The van der Waals surface area contributed by atoms with Gasteiger partial charge in [0.15, 0.2) is 0 Å². The first-order chi connectivity index (χ1) is 11.5. The largest absolute Gasteiger partial charge is 0.341 e. The summed E-state index contributed by atoms with van der Waals surface area (Å²) in [6, 6.07) is 2.08. The Hall–Kier alpha value is -2.35. The van der Waals surface area contributed by atoms with E-state index in [1.165, 1.54) is 12.0 Å². The number of nitriles is 1. The number of likely N-dealkylation sites (tertiary alicyclic amines) is 1. The lowest BCUT2D eigenvalue weighted by atomic mass is 10.00. The molecular formula is C19H26N4O. The van der Waals surface area contributed by atoms with Crippen LogP contribution in [-0.2, 0) is 11.3 Å². The summed E-state index contributed by atoms with van der Waals surface area (Å²) in [5.74, 6) is 0.146. The molecule has 0 saturated carbocycles. The Morgan fingerprint density at radius 1 is 1.29 bits per heavy atom. The highest BCUT2D eigenvalue weighted by atomic mass is 16.2. The molecule has 1 aromatic heterocycles. The zero-order valence-corrected chi connectivity index (χ0v) is 14.7. The number of hydrogen-bond donors (Lipinski definition) is 0. The monoisotopic (exact) mass is 326 g/mol. The minimum absolute atomic E-state index is 0.146. The lowest BCUT2D eigenvalue weighted by molar-refractivity contribution is -0.132. The molecule has 0 atom stereocenters. The molecule has 128 valence electrons. The van der Waals surface area contributed by atoms with Gasteiger partial charge in [-0.15, -0.1) is 0 Å². The summed E-state index contributed by atoms with van der Waals surface area (Å²) in [5.41, 5.74) is 4.00. The lowest BCUT2D eigenvalue weighted by Gasteiger charge is -2.26. The van der Waals surface area contributed by atoms with Crippen molar-refractivity contribution in [1.29, 1.82) is 5.26 Å². The van der Waals surface area contributed by atoms with Crippen LogP contribution in [0.4, 0.5) is 0 Å². The van der Waals surface area contributed by atoms with E-state index >= 15 is 0 Å². The fourth-order valence-electron chi connectivity index (χ4n) is 2.85. The van der Waals surface area contributed by atoms with E-state index in [1.807, 2.05) is 11.1 Å². The number of allylic oxidation sites excluding steroid dienone is 3. The summed E-state index contributed by atoms with van der Waals surface area (Å²) in [5, 5.41) is 13.1. The molecule has 0 N–H and O–H groups in total. The van der Waals surface area contributed by atoms with Crippen LogP contribution in [0, 0.1) is 11.3 Å². The lowest BCUT2D eigenvalue weighted by Crippen LogP contribution is -2.37. The van der Waals surface area contributed by atoms with Crippen molar-refractivity contribution in [1.82, 2.24) is 14.7 Å². The van der Waals surface area contributed by atoms with E-state index in [2.05, 4.69) is 31.6 Å². The molecule has 1 amide bonds. The fourth-order valence-corrected chi connectivity index (χ4v) is 2.85. The minimum Gasteiger partial charge on any atom is -0.341 e. The number of rotatable bonds is 6. The molecule has 1 aliphatic rings. The summed E-state index contributed by atoms with van der Waals surface area (Å²) < 4.78 is 1.72. The second kappa shape index (κ2) is 8.49. The van der Waals surface area contributed by atoms with Gasteiger partial charge in [0.25, 0.3) is 0 Å². The van der Waals surface area contributed by atoms with Crippen molar-refractivity contribution in [3.05, 3.63) is 35.7 Å². The summed E-state index contributed by atoms with van der Waals surface area (Å²) >= 11 is 0. The maximum Gasteiger partial charge on any atom is 0.244 e. The molecule has 1 aliphatic heterocycles. The molecule has 1 aromatic rings. The Kier molecular flexibility index (Phi) is 6.36. The molecule has 0 aliphatic carbocycles. The minimum atomic E-state index is 0.146. The van der Waals surface area contributed by atoms with Crippen molar-refractivity contribution < 1.29 is 4.79 Å². The Labute approximate surface area is 144 Å². The molecule has 0 unspecified atom stereocenters. The molecule has 0 aromatic carbocycles. The van der Waals surface area contributed by atoms with Gasteiger partial charge in [-0.1, -0.05) is 12.2 Å². The van der Waals surface area contributed by atoms with Crippen LogP contribution >= 0.6 is 0 Å². The van der Waals surface area contributed by atoms with E-state index in [9.17, 15) is 4.79 Å². The first-order valence-corrected chi connectivity index (χ1v) is 8.56.